The fourth-order valence-electron chi connectivity index (χ4n) is 9.25. The molecule has 1 heterocycles. The van der Waals surface area contributed by atoms with Gasteiger partial charge in [0.15, 0.2) is 0 Å². The predicted octanol–water partition coefficient (Wildman–Crippen LogP) is 2.52. The van der Waals surface area contributed by atoms with E-state index in [-0.39, 0.29) is 49.6 Å². The second-order valence-corrected chi connectivity index (χ2v) is 12.4. The second-order valence-electron chi connectivity index (χ2n) is 12.4. The van der Waals surface area contributed by atoms with Gasteiger partial charge in [-0.15, -0.1) is 0 Å². The molecule has 0 spiro atoms. The van der Waals surface area contributed by atoms with Gasteiger partial charge in [0.05, 0.1) is 22.2 Å². The molecule has 8 heteroatoms. The van der Waals surface area contributed by atoms with Crippen molar-refractivity contribution in [1.82, 2.24) is 0 Å². The first-order valence-electron chi connectivity index (χ1n) is 13.1. The maximum absolute atomic E-state index is 12.8. The van der Waals surface area contributed by atoms with Crippen LogP contribution in [0, 0.1) is 28.6 Å². The summed E-state index contributed by atoms with van der Waals surface area (Å²) in [4.78, 5) is 35.5. The number of ether oxygens (including phenoxy) is 1. The number of carboxylic acids is 1. The molecule has 0 amide bonds. The van der Waals surface area contributed by atoms with Crippen molar-refractivity contribution in [2.24, 2.45) is 28.6 Å². The molecule has 8 atom stereocenters. The molecule has 1 aliphatic heterocycles. The molecule has 8 nitrogen and oxygen atoms in total. The number of aldehydes is 1. The quantitative estimate of drug-likeness (QED) is 0.329. The molecule has 0 unspecified atom stereocenters. The molecule has 194 valence electrons. The summed E-state index contributed by atoms with van der Waals surface area (Å²) in [6.45, 7) is 2.39. The minimum atomic E-state index is -1.37. The van der Waals surface area contributed by atoms with Crippen molar-refractivity contribution in [3.8, 4) is 0 Å². The summed E-state index contributed by atoms with van der Waals surface area (Å²) in [6.07, 6.45) is 7.41. The Labute approximate surface area is 205 Å². The highest BCUT2D eigenvalue weighted by atomic mass is 16.5. The lowest BCUT2D eigenvalue weighted by Crippen LogP contribution is -2.70. The second kappa shape index (κ2) is 8.12. The zero-order valence-corrected chi connectivity index (χ0v) is 20.5. The van der Waals surface area contributed by atoms with Crippen molar-refractivity contribution in [2.45, 2.75) is 101 Å². The highest BCUT2D eigenvalue weighted by Gasteiger charge is 2.72. The van der Waals surface area contributed by atoms with Crippen LogP contribution in [0.25, 0.3) is 0 Å². The van der Waals surface area contributed by atoms with Crippen LogP contribution in [0.5, 0.6) is 0 Å². The third kappa shape index (κ3) is 3.46. The van der Waals surface area contributed by atoms with Gasteiger partial charge in [-0.1, -0.05) is 6.92 Å². The average Bonchev–Trinajstić information content (AvgIpc) is 3.32. The first-order valence-corrected chi connectivity index (χ1v) is 13.1. The van der Waals surface area contributed by atoms with Crippen LogP contribution in [-0.4, -0.2) is 62.1 Å². The van der Waals surface area contributed by atoms with Crippen LogP contribution in [-0.2, 0) is 19.1 Å². The zero-order chi connectivity index (χ0) is 25.3. The van der Waals surface area contributed by atoms with Gasteiger partial charge in [-0.2, -0.15) is 0 Å². The van der Waals surface area contributed by atoms with Gasteiger partial charge in [0.1, 0.15) is 12.9 Å². The van der Waals surface area contributed by atoms with Crippen LogP contribution >= 0.6 is 0 Å². The number of esters is 1. The first kappa shape index (κ1) is 24.9. The number of hydrogen-bond acceptors (Lipinski definition) is 7. The lowest BCUT2D eigenvalue weighted by molar-refractivity contribution is -0.259. The Balaban J connectivity index is 1.41. The SMILES string of the molecule is C[C@]12CC[C@H]3[C@@H](CC[C@]4(O)C[C@](O)(CCCC(=O)O)CC[C@]34C=O)[C@@]1(O)CC[C@@H]2C1=CC(=O)OC1. The van der Waals surface area contributed by atoms with E-state index in [1.807, 2.05) is 0 Å². The molecule has 0 bridgehead atoms. The molecule has 0 aromatic heterocycles. The van der Waals surface area contributed by atoms with Crippen molar-refractivity contribution in [1.29, 1.82) is 0 Å². The van der Waals surface area contributed by atoms with Gasteiger partial charge in [-0.05, 0) is 87.5 Å². The molecule has 0 aromatic carbocycles. The number of rotatable bonds is 6. The molecule has 5 aliphatic rings. The van der Waals surface area contributed by atoms with Crippen LogP contribution in [0.15, 0.2) is 11.6 Å². The topological polar surface area (TPSA) is 141 Å². The van der Waals surface area contributed by atoms with E-state index >= 15 is 0 Å². The Morgan fingerprint density at radius 1 is 1.09 bits per heavy atom. The Bertz CT molecular complexity index is 961. The van der Waals surface area contributed by atoms with Gasteiger partial charge in [-0.25, -0.2) is 4.79 Å². The molecule has 0 saturated heterocycles. The molecular formula is C27H38O8. The van der Waals surface area contributed by atoms with E-state index in [4.69, 9.17) is 9.84 Å². The Morgan fingerprint density at radius 2 is 1.83 bits per heavy atom. The van der Waals surface area contributed by atoms with Crippen LogP contribution in [0.4, 0.5) is 0 Å². The largest absolute Gasteiger partial charge is 0.481 e. The molecule has 0 radical (unpaired) electrons. The molecule has 4 aliphatic carbocycles. The average molecular weight is 491 g/mol. The maximum Gasteiger partial charge on any atom is 0.331 e. The molecule has 0 aromatic rings. The summed E-state index contributed by atoms with van der Waals surface area (Å²) < 4.78 is 5.17. The zero-order valence-electron chi connectivity index (χ0n) is 20.5. The molecule has 4 fully saturated rings. The predicted molar refractivity (Wildman–Crippen MR) is 124 cm³/mol. The number of aliphatic hydroxyl groups is 3. The van der Waals surface area contributed by atoms with Gasteiger partial charge in [0.25, 0.3) is 0 Å². The smallest absolute Gasteiger partial charge is 0.331 e. The number of carbonyl (C=O) groups excluding carboxylic acids is 2. The van der Waals surface area contributed by atoms with Crippen LogP contribution in [0.2, 0.25) is 0 Å². The highest BCUT2D eigenvalue weighted by Crippen LogP contribution is 2.70. The Kier molecular flexibility index (Phi) is 5.78. The lowest BCUT2D eigenvalue weighted by Gasteiger charge is -2.66. The summed E-state index contributed by atoms with van der Waals surface area (Å²) in [7, 11) is 0. The van der Waals surface area contributed by atoms with Crippen molar-refractivity contribution in [2.75, 3.05) is 6.61 Å². The van der Waals surface area contributed by atoms with Crippen LogP contribution in [0.1, 0.15) is 84.0 Å². The molecule has 4 N–H and O–H groups in total. The van der Waals surface area contributed by atoms with E-state index in [0.717, 1.165) is 18.3 Å². The van der Waals surface area contributed by atoms with Gasteiger partial charge in [-0.3, -0.25) is 4.79 Å². The minimum absolute atomic E-state index is 0.0376. The normalized spacial score (nSPS) is 48.9. The third-order valence-electron chi connectivity index (χ3n) is 11.0. The molecule has 5 rings (SSSR count). The monoisotopic (exact) mass is 490 g/mol. The number of fused-ring (bicyclic) bond motifs is 5. The van der Waals surface area contributed by atoms with E-state index in [0.29, 0.717) is 51.4 Å². The molecular weight excluding hydrogens is 452 g/mol. The minimum Gasteiger partial charge on any atom is -0.481 e. The Morgan fingerprint density at radius 3 is 2.49 bits per heavy atom. The number of aliphatic carboxylic acids is 1. The van der Waals surface area contributed by atoms with Crippen molar-refractivity contribution < 1.29 is 39.5 Å². The van der Waals surface area contributed by atoms with Crippen molar-refractivity contribution in [3.05, 3.63) is 11.6 Å². The third-order valence-corrected chi connectivity index (χ3v) is 11.0. The number of carboxylic acid groups (broad SMARTS) is 1. The van der Waals surface area contributed by atoms with Crippen LogP contribution in [0.3, 0.4) is 0 Å². The number of hydrogen-bond donors (Lipinski definition) is 4. The summed E-state index contributed by atoms with van der Waals surface area (Å²) in [5.41, 5.74) is -4.07. The van der Waals surface area contributed by atoms with E-state index in [1.165, 1.54) is 0 Å². The van der Waals surface area contributed by atoms with Gasteiger partial charge in [0, 0.05) is 24.3 Å². The summed E-state index contributed by atoms with van der Waals surface area (Å²) >= 11 is 0. The van der Waals surface area contributed by atoms with Crippen molar-refractivity contribution in [3.63, 3.8) is 0 Å². The van der Waals surface area contributed by atoms with Gasteiger partial charge in [0.2, 0.25) is 0 Å². The van der Waals surface area contributed by atoms with Crippen LogP contribution < -0.4 is 0 Å². The standard InChI is InChI=1S/C27H38O8/c1-23-8-4-19-20(27(23,34)10-6-18(23)17-13-22(31)35-14-17)5-9-26(33)15-24(32,7-2-3-21(29)30)11-12-25(19,26)16-28/h13,16,18-20,32-34H,2-12,14-15H2,1H3,(H,29,30)/t18-,19+,20-,23-,24+,25+,26+,27+/m1/s1. The lowest BCUT2D eigenvalue weighted by atomic mass is 9.41. The van der Waals surface area contributed by atoms with Crippen molar-refractivity contribution >= 4 is 18.2 Å². The summed E-state index contributed by atoms with van der Waals surface area (Å²) in [5, 5.41) is 44.4. The molecule has 35 heavy (non-hydrogen) atoms. The van der Waals surface area contributed by atoms with Gasteiger partial charge < -0.3 is 30.0 Å². The first-order chi connectivity index (χ1) is 16.4. The number of carbonyl (C=O) groups is 3. The maximum atomic E-state index is 12.8. The molecule has 4 saturated carbocycles. The van der Waals surface area contributed by atoms with E-state index < -0.39 is 33.6 Å². The van der Waals surface area contributed by atoms with E-state index in [9.17, 15) is 29.7 Å². The van der Waals surface area contributed by atoms with E-state index in [2.05, 4.69) is 6.92 Å². The fraction of sp³-hybridized carbons (Fsp3) is 0.815. The Hall–Kier alpha value is -1.77. The highest BCUT2D eigenvalue weighted by molar-refractivity contribution is 5.85. The summed E-state index contributed by atoms with van der Waals surface area (Å²) in [5.74, 6) is -1.52. The van der Waals surface area contributed by atoms with E-state index in [1.54, 1.807) is 6.08 Å². The summed E-state index contributed by atoms with van der Waals surface area (Å²) in [6, 6.07) is 0. The van der Waals surface area contributed by atoms with Gasteiger partial charge >= 0.3 is 11.9 Å². The number of cyclic esters (lactones) is 1. The fourth-order valence-corrected chi connectivity index (χ4v) is 9.25.